The van der Waals surface area contributed by atoms with E-state index in [0.717, 1.165) is 23.6 Å². The van der Waals surface area contributed by atoms with Gasteiger partial charge in [0.2, 0.25) is 0 Å². The molecule has 0 radical (unpaired) electrons. The average Bonchev–Trinajstić information content (AvgIpc) is 2.48. The van der Waals surface area contributed by atoms with E-state index in [-0.39, 0.29) is 17.1 Å². The normalized spacial score (nSPS) is 14.2. The van der Waals surface area contributed by atoms with Crippen molar-refractivity contribution in [2.75, 3.05) is 16.9 Å². The van der Waals surface area contributed by atoms with Crippen LogP contribution in [0.1, 0.15) is 13.3 Å². The molecular weight excluding hydrogens is 286 g/mol. The highest BCUT2D eigenvalue weighted by Crippen LogP contribution is 2.32. The zero-order valence-corrected chi connectivity index (χ0v) is 11.3. The Bertz CT molecular complexity index is 570. The third kappa shape index (κ3) is 3.29. The van der Waals surface area contributed by atoms with Crippen LogP contribution in [0, 0.1) is 11.6 Å². The van der Waals surface area contributed by atoms with E-state index in [2.05, 4.69) is 10.7 Å². The molecule has 0 atom stereocenters. The average molecular weight is 301 g/mol. The third-order valence-corrected chi connectivity index (χ3v) is 2.89. The smallest absolute Gasteiger partial charge is 0.280 e. The second kappa shape index (κ2) is 6.51. The summed E-state index contributed by atoms with van der Waals surface area (Å²) < 4.78 is 53.0. The van der Waals surface area contributed by atoms with Gasteiger partial charge in [-0.3, -0.25) is 5.01 Å². The number of nitrogens with zero attached hydrogens (tertiary/aromatic N) is 1. The van der Waals surface area contributed by atoms with Crippen LogP contribution in [0.5, 0.6) is 0 Å². The van der Waals surface area contributed by atoms with Gasteiger partial charge in [0, 0.05) is 24.9 Å². The first-order valence-corrected chi connectivity index (χ1v) is 6.48. The Kier molecular flexibility index (Phi) is 4.72. The lowest BCUT2D eigenvalue weighted by atomic mass is 10.2. The van der Waals surface area contributed by atoms with Gasteiger partial charge in [-0.2, -0.15) is 0 Å². The lowest BCUT2D eigenvalue weighted by molar-refractivity contribution is 0.184. The van der Waals surface area contributed by atoms with Crippen molar-refractivity contribution in [3.05, 3.63) is 47.8 Å². The summed E-state index contributed by atoms with van der Waals surface area (Å²) >= 11 is 0. The zero-order chi connectivity index (χ0) is 15.4. The van der Waals surface area contributed by atoms with Gasteiger partial charge in [0.05, 0.1) is 11.4 Å². The van der Waals surface area contributed by atoms with Crippen molar-refractivity contribution in [3.8, 4) is 0 Å². The topological polar surface area (TPSA) is 27.3 Å². The maximum Gasteiger partial charge on any atom is 0.280 e. The predicted octanol–water partition coefficient (Wildman–Crippen LogP) is 3.77. The van der Waals surface area contributed by atoms with Gasteiger partial charge < -0.3 is 10.7 Å². The van der Waals surface area contributed by atoms with Crippen molar-refractivity contribution >= 4 is 11.4 Å². The van der Waals surface area contributed by atoms with E-state index < -0.39 is 18.1 Å². The molecule has 3 nitrogen and oxygen atoms in total. The van der Waals surface area contributed by atoms with Crippen LogP contribution in [0.15, 0.2) is 36.2 Å². The van der Waals surface area contributed by atoms with Crippen LogP contribution in [0.3, 0.4) is 0 Å². The Morgan fingerprint density at radius 3 is 2.62 bits per heavy atom. The van der Waals surface area contributed by atoms with Crippen molar-refractivity contribution in [3.63, 3.8) is 0 Å². The minimum atomic E-state index is -2.76. The quantitative estimate of drug-likeness (QED) is 0.811. The lowest BCUT2D eigenvalue weighted by Gasteiger charge is -2.30. The molecule has 21 heavy (non-hydrogen) atoms. The Labute approximate surface area is 119 Å². The first-order chi connectivity index (χ1) is 10.0. The van der Waals surface area contributed by atoms with Gasteiger partial charge in [-0.1, -0.05) is 6.92 Å². The predicted molar refractivity (Wildman–Crippen MR) is 74.0 cm³/mol. The number of halogens is 4. The highest BCUT2D eigenvalue weighted by Gasteiger charge is 2.24. The highest BCUT2D eigenvalue weighted by atomic mass is 19.3. The van der Waals surface area contributed by atoms with Crippen LogP contribution in [-0.4, -0.2) is 13.0 Å². The molecule has 0 aromatic heterocycles. The van der Waals surface area contributed by atoms with Crippen molar-refractivity contribution in [2.45, 2.75) is 19.8 Å². The molecule has 0 unspecified atom stereocenters. The summed E-state index contributed by atoms with van der Waals surface area (Å²) in [6.07, 6.45) is 2.05. The summed E-state index contributed by atoms with van der Waals surface area (Å²) in [7, 11) is 0. The monoisotopic (exact) mass is 301 g/mol. The van der Waals surface area contributed by atoms with E-state index in [4.69, 9.17) is 0 Å². The molecule has 1 aromatic carbocycles. The number of hydrogen-bond donors (Lipinski definition) is 2. The second-order valence-corrected chi connectivity index (χ2v) is 4.43. The van der Waals surface area contributed by atoms with E-state index in [1.807, 2.05) is 6.92 Å². The number of hydrazine groups is 1. The SMILES string of the molecule is CCCNc1cc(F)c(F)cc1N1NC=CC=C1C(F)F. The molecule has 0 amide bonds. The molecule has 1 aliphatic heterocycles. The second-order valence-electron chi connectivity index (χ2n) is 4.43. The van der Waals surface area contributed by atoms with E-state index in [0.29, 0.717) is 6.54 Å². The van der Waals surface area contributed by atoms with Crippen molar-refractivity contribution in [1.29, 1.82) is 0 Å². The van der Waals surface area contributed by atoms with Crippen LogP contribution in [-0.2, 0) is 0 Å². The van der Waals surface area contributed by atoms with Crippen LogP contribution >= 0.6 is 0 Å². The minimum absolute atomic E-state index is 0.0956. The molecule has 0 saturated heterocycles. The highest BCUT2D eigenvalue weighted by molar-refractivity contribution is 5.72. The molecule has 1 aromatic rings. The summed E-state index contributed by atoms with van der Waals surface area (Å²) in [5.41, 5.74) is 2.60. The van der Waals surface area contributed by atoms with Gasteiger partial charge >= 0.3 is 0 Å². The molecular formula is C14H15F4N3. The largest absolute Gasteiger partial charge is 0.383 e. The van der Waals surface area contributed by atoms with Gasteiger partial charge in [0.15, 0.2) is 11.6 Å². The van der Waals surface area contributed by atoms with Gasteiger partial charge in [-0.15, -0.1) is 0 Å². The number of benzene rings is 1. The summed E-state index contributed by atoms with van der Waals surface area (Å²) in [6, 6.07) is 1.85. The third-order valence-electron chi connectivity index (χ3n) is 2.89. The molecule has 0 fully saturated rings. The maximum atomic E-state index is 13.5. The number of hydrogen-bond acceptors (Lipinski definition) is 3. The maximum absolute atomic E-state index is 13.5. The number of rotatable bonds is 5. The van der Waals surface area contributed by atoms with Crippen LogP contribution < -0.4 is 15.8 Å². The van der Waals surface area contributed by atoms with Crippen molar-refractivity contribution < 1.29 is 17.6 Å². The molecule has 7 heteroatoms. The summed E-state index contributed by atoms with van der Waals surface area (Å²) in [5, 5.41) is 3.94. The summed E-state index contributed by atoms with van der Waals surface area (Å²) in [4.78, 5) is 0. The molecule has 1 aliphatic rings. The molecule has 0 saturated carbocycles. The number of alkyl halides is 2. The van der Waals surface area contributed by atoms with Crippen LogP contribution in [0.4, 0.5) is 28.9 Å². The van der Waals surface area contributed by atoms with Crippen LogP contribution in [0.25, 0.3) is 0 Å². The fourth-order valence-electron chi connectivity index (χ4n) is 1.91. The number of anilines is 2. The first-order valence-electron chi connectivity index (χ1n) is 6.48. The first kappa shape index (κ1) is 15.2. The number of nitrogens with one attached hydrogen (secondary N) is 2. The Balaban J connectivity index is 2.43. The Morgan fingerprint density at radius 1 is 1.24 bits per heavy atom. The molecule has 2 rings (SSSR count). The summed E-state index contributed by atoms with van der Waals surface area (Å²) in [5.74, 6) is -2.13. The lowest BCUT2D eigenvalue weighted by Crippen LogP contribution is -2.38. The fourth-order valence-corrected chi connectivity index (χ4v) is 1.91. The van der Waals surface area contributed by atoms with Crippen molar-refractivity contribution in [2.24, 2.45) is 0 Å². The molecule has 114 valence electrons. The van der Waals surface area contributed by atoms with Gasteiger partial charge in [-0.05, 0) is 18.6 Å². The Morgan fingerprint density at radius 2 is 1.95 bits per heavy atom. The molecule has 0 aliphatic carbocycles. The minimum Gasteiger partial charge on any atom is -0.383 e. The molecule has 0 bridgehead atoms. The van der Waals surface area contributed by atoms with Gasteiger partial charge in [0.25, 0.3) is 6.43 Å². The van der Waals surface area contributed by atoms with Gasteiger partial charge in [-0.25, -0.2) is 17.6 Å². The Hall–Kier alpha value is -2.18. The summed E-state index contributed by atoms with van der Waals surface area (Å²) in [6.45, 7) is 2.41. The zero-order valence-electron chi connectivity index (χ0n) is 11.3. The fraction of sp³-hybridized carbons (Fsp3) is 0.286. The molecule has 0 spiro atoms. The van der Waals surface area contributed by atoms with Gasteiger partial charge in [0.1, 0.15) is 5.70 Å². The van der Waals surface area contributed by atoms with E-state index in [9.17, 15) is 17.6 Å². The van der Waals surface area contributed by atoms with Crippen LogP contribution in [0.2, 0.25) is 0 Å². The van der Waals surface area contributed by atoms with E-state index in [1.54, 1.807) is 0 Å². The standard InChI is InChI=1S/C14H15F4N3/c1-2-5-19-11-7-9(15)10(16)8-13(11)21-12(14(17)18)4-3-6-20-21/h3-4,6-8,14,19-20H,2,5H2,1H3. The number of allylic oxidation sites excluding steroid dienone is 3. The van der Waals surface area contributed by atoms with Crippen molar-refractivity contribution in [1.82, 2.24) is 5.43 Å². The van der Waals surface area contributed by atoms with E-state index in [1.165, 1.54) is 18.4 Å². The molecule has 2 N–H and O–H groups in total. The van der Waals surface area contributed by atoms with E-state index >= 15 is 0 Å². The molecule has 1 heterocycles.